The van der Waals surface area contributed by atoms with Crippen molar-refractivity contribution in [3.05, 3.63) is 36.4 Å². The number of benzene rings is 1. The van der Waals surface area contributed by atoms with Crippen LogP contribution in [0.4, 0.5) is 0 Å². The molecule has 16 heavy (non-hydrogen) atoms. The largest absolute Gasteiger partial charge is 0.496 e. The molecule has 1 aromatic rings. The van der Waals surface area contributed by atoms with Crippen LogP contribution in [-0.4, -0.2) is 20.1 Å². The van der Waals surface area contributed by atoms with Gasteiger partial charge in [-0.2, -0.15) is 0 Å². The number of hydrogen-bond acceptors (Lipinski definition) is 3. The summed E-state index contributed by atoms with van der Waals surface area (Å²) in [5, 5.41) is 2.68. The summed E-state index contributed by atoms with van der Waals surface area (Å²) in [5.41, 5.74) is 0.808. The van der Waals surface area contributed by atoms with Gasteiger partial charge in [0, 0.05) is 0 Å². The van der Waals surface area contributed by atoms with Gasteiger partial charge in [-0.15, -0.1) is 0 Å². The lowest BCUT2D eigenvalue weighted by Gasteiger charge is -2.12. The van der Waals surface area contributed by atoms with Gasteiger partial charge in [-0.25, -0.2) is 0 Å². The van der Waals surface area contributed by atoms with Crippen molar-refractivity contribution in [3.8, 4) is 11.5 Å². The summed E-state index contributed by atoms with van der Waals surface area (Å²) in [5.74, 6) is 1.14. The van der Waals surface area contributed by atoms with Gasteiger partial charge in [0.15, 0.2) is 0 Å². The molecular formula is C12H15NO3. The number of amides is 1. The molecule has 0 bridgehead atoms. The summed E-state index contributed by atoms with van der Waals surface area (Å²) < 4.78 is 10.4. The Bertz CT molecular complexity index is 366. The predicted octanol–water partition coefficient (Wildman–Crippen LogP) is 1.51. The van der Waals surface area contributed by atoms with E-state index in [-0.39, 0.29) is 5.91 Å². The molecule has 0 saturated carbocycles. The second kappa shape index (κ2) is 5.80. The molecule has 1 rings (SSSR count). The van der Waals surface area contributed by atoms with E-state index in [9.17, 15) is 4.79 Å². The van der Waals surface area contributed by atoms with Crippen molar-refractivity contribution in [1.82, 2.24) is 5.32 Å². The Labute approximate surface area is 94.9 Å². The third kappa shape index (κ3) is 2.76. The van der Waals surface area contributed by atoms with Gasteiger partial charge in [-0.3, -0.25) is 4.79 Å². The third-order valence-electron chi connectivity index (χ3n) is 2.15. The molecule has 4 nitrogen and oxygen atoms in total. The van der Waals surface area contributed by atoms with E-state index >= 15 is 0 Å². The molecule has 0 radical (unpaired) electrons. The minimum absolute atomic E-state index is 0.229. The third-order valence-corrected chi connectivity index (χ3v) is 2.15. The molecule has 0 aromatic heterocycles. The first-order valence-corrected chi connectivity index (χ1v) is 4.83. The fraction of sp³-hybridized carbons (Fsp3) is 0.250. The molecule has 86 valence electrons. The number of methoxy groups -OCH3 is 2. The second-order valence-electron chi connectivity index (χ2n) is 3.06. The lowest BCUT2D eigenvalue weighted by molar-refractivity contribution is -0.116. The summed E-state index contributed by atoms with van der Waals surface area (Å²) >= 11 is 0. The Morgan fingerprint density at radius 2 is 1.94 bits per heavy atom. The van der Waals surface area contributed by atoms with E-state index in [2.05, 4.69) is 11.9 Å². The highest BCUT2D eigenvalue weighted by atomic mass is 16.5. The molecule has 0 aliphatic carbocycles. The number of ether oxygens (including phenoxy) is 2. The predicted molar refractivity (Wildman–Crippen MR) is 61.6 cm³/mol. The molecular weight excluding hydrogens is 206 g/mol. The summed E-state index contributed by atoms with van der Waals surface area (Å²) in [6.45, 7) is 3.73. The number of hydrogen-bond donors (Lipinski definition) is 1. The molecule has 4 heteroatoms. The first kappa shape index (κ1) is 12.1. The maximum atomic E-state index is 11.1. The van der Waals surface area contributed by atoms with Crippen LogP contribution in [0.5, 0.6) is 11.5 Å². The summed E-state index contributed by atoms with van der Waals surface area (Å²) in [4.78, 5) is 11.1. The number of rotatable bonds is 5. The van der Waals surface area contributed by atoms with Crippen LogP contribution in [0.2, 0.25) is 0 Å². The van der Waals surface area contributed by atoms with Crippen molar-refractivity contribution in [2.45, 2.75) is 6.54 Å². The van der Waals surface area contributed by atoms with Crippen molar-refractivity contribution in [3.63, 3.8) is 0 Å². The highest BCUT2D eigenvalue weighted by Crippen LogP contribution is 2.27. The number of carbonyl (C=O) groups is 1. The zero-order chi connectivity index (χ0) is 12.0. The van der Waals surface area contributed by atoms with E-state index in [1.807, 2.05) is 18.2 Å². The minimum Gasteiger partial charge on any atom is -0.496 e. The molecule has 1 aromatic carbocycles. The lowest BCUT2D eigenvalue weighted by atomic mass is 10.1. The van der Waals surface area contributed by atoms with Gasteiger partial charge in [0.2, 0.25) is 5.91 Å². The molecule has 0 unspecified atom stereocenters. The summed E-state index contributed by atoms with van der Waals surface area (Å²) in [7, 11) is 3.15. The van der Waals surface area contributed by atoms with Crippen LogP contribution in [0.25, 0.3) is 0 Å². The number of carbonyl (C=O) groups excluding carboxylic acids is 1. The molecule has 1 amide bonds. The van der Waals surface area contributed by atoms with E-state index < -0.39 is 0 Å². The molecule has 0 aliphatic heterocycles. The number of nitrogens with one attached hydrogen (secondary N) is 1. The Kier molecular flexibility index (Phi) is 4.39. The molecule has 0 saturated heterocycles. The molecule has 0 spiro atoms. The second-order valence-corrected chi connectivity index (χ2v) is 3.06. The monoisotopic (exact) mass is 221 g/mol. The fourth-order valence-corrected chi connectivity index (χ4v) is 1.35. The van der Waals surface area contributed by atoms with E-state index in [0.29, 0.717) is 18.0 Å². The van der Waals surface area contributed by atoms with Crippen molar-refractivity contribution >= 4 is 5.91 Å². The SMILES string of the molecule is C=CC(=O)NCc1c(OC)cccc1OC. The molecule has 0 aliphatic rings. The standard InChI is InChI=1S/C12H15NO3/c1-4-12(14)13-8-9-10(15-2)6-5-7-11(9)16-3/h4-7H,1,8H2,2-3H3,(H,13,14). The Morgan fingerprint density at radius 3 is 2.38 bits per heavy atom. The highest BCUT2D eigenvalue weighted by molar-refractivity contribution is 5.86. The first-order chi connectivity index (χ1) is 7.72. The molecule has 0 heterocycles. The van der Waals surface area contributed by atoms with Crippen LogP contribution in [0.3, 0.4) is 0 Å². The van der Waals surface area contributed by atoms with Gasteiger partial charge >= 0.3 is 0 Å². The van der Waals surface area contributed by atoms with Crippen LogP contribution in [0, 0.1) is 0 Å². The van der Waals surface area contributed by atoms with Crippen molar-refractivity contribution < 1.29 is 14.3 Å². The Hall–Kier alpha value is -1.97. The smallest absolute Gasteiger partial charge is 0.243 e. The lowest BCUT2D eigenvalue weighted by Crippen LogP contribution is -2.20. The van der Waals surface area contributed by atoms with Crippen LogP contribution in [0.15, 0.2) is 30.9 Å². The quantitative estimate of drug-likeness (QED) is 0.766. The Balaban J connectivity index is 2.90. The van der Waals surface area contributed by atoms with Gasteiger partial charge < -0.3 is 14.8 Å². The van der Waals surface area contributed by atoms with Gasteiger partial charge in [0.05, 0.1) is 26.3 Å². The molecule has 0 atom stereocenters. The van der Waals surface area contributed by atoms with Gasteiger partial charge in [0.25, 0.3) is 0 Å². The molecule has 0 fully saturated rings. The van der Waals surface area contributed by atoms with Crippen molar-refractivity contribution in [2.24, 2.45) is 0 Å². The topological polar surface area (TPSA) is 47.6 Å². The zero-order valence-electron chi connectivity index (χ0n) is 9.45. The average molecular weight is 221 g/mol. The molecule has 1 N–H and O–H groups in total. The fourth-order valence-electron chi connectivity index (χ4n) is 1.35. The van der Waals surface area contributed by atoms with Crippen LogP contribution < -0.4 is 14.8 Å². The summed E-state index contributed by atoms with van der Waals surface area (Å²) in [6, 6.07) is 5.46. The summed E-state index contributed by atoms with van der Waals surface area (Å²) in [6.07, 6.45) is 1.22. The van der Waals surface area contributed by atoms with Crippen LogP contribution >= 0.6 is 0 Å². The normalized spacial score (nSPS) is 9.38. The van der Waals surface area contributed by atoms with Crippen LogP contribution in [-0.2, 0) is 11.3 Å². The Morgan fingerprint density at radius 1 is 1.38 bits per heavy atom. The minimum atomic E-state index is -0.229. The van der Waals surface area contributed by atoms with E-state index in [0.717, 1.165) is 5.56 Å². The highest BCUT2D eigenvalue weighted by Gasteiger charge is 2.09. The zero-order valence-corrected chi connectivity index (χ0v) is 9.45. The maximum absolute atomic E-state index is 11.1. The van der Waals surface area contributed by atoms with E-state index in [4.69, 9.17) is 9.47 Å². The van der Waals surface area contributed by atoms with Gasteiger partial charge in [-0.1, -0.05) is 12.6 Å². The van der Waals surface area contributed by atoms with E-state index in [1.165, 1.54) is 6.08 Å². The van der Waals surface area contributed by atoms with Crippen molar-refractivity contribution in [2.75, 3.05) is 14.2 Å². The first-order valence-electron chi connectivity index (χ1n) is 4.83. The van der Waals surface area contributed by atoms with Gasteiger partial charge in [-0.05, 0) is 18.2 Å². The average Bonchev–Trinajstić information content (AvgIpc) is 2.35. The van der Waals surface area contributed by atoms with E-state index in [1.54, 1.807) is 14.2 Å². The van der Waals surface area contributed by atoms with Gasteiger partial charge in [0.1, 0.15) is 11.5 Å². The van der Waals surface area contributed by atoms with Crippen LogP contribution in [0.1, 0.15) is 5.56 Å². The van der Waals surface area contributed by atoms with Crippen molar-refractivity contribution in [1.29, 1.82) is 0 Å². The maximum Gasteiger partial charge on any atom is 0.243 e.